The first-order valence-electron chi connectivity index (χ1n) is 5.74. The maximum atomic E-state index is 13.4. The summed E-state index contributed by atoms with van der Waals surface area (Å²) in [5.41, 5.74) is 1.58. The molecule has 0 bridgehead atoms. The maximum absolute atomic E-state index is 13.4. The Labute approximate surface area is 114 Å². The lowest BCUT2D eigenvalue weighted by Gasteiger charge is -2.04. The zero-order valence-electron chi connectivity index (χ0n) is 10.3. The second-order valence-electron chi connectivity index (χ2n) is 4.16. The molecule has 0 N–H and O–H groups in total. The number of aryl methyl sites for hydroxylation is 1. The van der Waals surface area contributed by atoms with E-state index in [1.807, 2.05) is 13.0 Å². The first kappa shape index (κ1) is 13.7. The second-order valence-corrected chi connectivity index (χ2v) is 5.17. The van der Waals surface area contributed by atoms with Gasteiger partial charge in [-0.2, -0.15) is 0 Å². The van der Waals surface area contributed by atoms with E-state index in [1.165, 1.54) is 0 Å². The third kappa shape index (κ3) is 3.64. The molecule has 0 aliphatic carbocycles. The van der Waals surface area contributed by atoms with Crippen molar-refractivity contribution in [3.8, 4) is 0 Å². The molecule has 0 saturated heterocycles. The highest BCUT2D eigenvalue weighted by Crippen LogP contribution is 2.23. The molecule has 2 aromatic carbocycles. The van der Waals surface area contributed by atoms with Crippen LogP contribution in [0.5, 0.6) is 0 Å². The van der Waals surface area contributed by atoms with Gasteiger partial charge in [-0.25, -0.2) is 8.78 Å². The average Bonchev–Trinajstić information content (AvgIpc) is 2.39. The second kappa shape index (κ2) is 5.97. The van der Waals surface area contributed by atoms with Crippen molar-refractivity contribution >= 4 is 17.5 Å². The first-order chi connectivity index (χ1) is 9.06. The summed E-state index contributed by atoms with van der Waals surface area (Å²) >= 11 is 1.01. The van der Waals surface area contributed by atoms with Gasteiger partial charge in [0.15, 0.2) is 5.78 Å². The Morgan fingerprint density at radius 3 is 2.68 bits per heavy atom. The van der Waals surface area contributed by atoms with Gasteiger partial charge in [-0.1, -0.05) is 23.8 Å². The molecule has 0 heterocycles. The van der Waals surface area contributed by atoms with Gasteiger partial charge in [0.1, 0.15) is 11.6 Å². The summed E-state index contributed by atoms with van der Waals surface area (Å²) in [6.07, 6.45) is 0. The van der Waals surface area contributed by atoms with Crippen molar-refractivity contribution < 1.29 is 13.6 Å². The molecular weight excluding hydrogens is 266 g/mol. The van der Waals surface area contributed by atoms with E-state index in [9.17, 15) is 13.6 Å². The number of ketones is 1. The minimum absolute atomic E-state index is 0.0871. The summed E-state index contributed by atoms with van der Waals surface area (Å²) in [6.45, 7) is 1.90. The van der Waals surface area contributed by atoms with Gasteiger partial charge in [0.2, 0.25) is 0 Å². The molecule has 0 radical (unpaired) electrons. The molecule has 0 saturated carbocycles. The van der Waals surface area contributed by atoms with Gasteiger partial charge in [0.05, 0.1) is 5.75 Å². The summed E-state index contributed by atoms with van der Waals surface area (Å²) in [4.78, 5) is 12.1. The Balaban J connectivity index is 2.06. The minimum atomic E-state index is -0.511. The van der Waals surface area contributed by atoms with E-state index in [-0.39, 0.29) is 16.4 Å². The lowest BCUT2D eigenvalue weighted by Crippen LogP contribution is -2.02. The van der Waals surface area contributed by atoms with Crippen LogP contribution in [-0.2, 0) is 0 Å². The Morgan fingerprint density at radius 2 is 1.95 bits per heavy atom. The van der Waals surface area contributed by atoms with Gasteiger partial charge < -0.3 is 0 Å². The fourth-order valence-electron chi connectivity index (χ4n) is 1.63. The summed E-state index contributed by atoms with van der Waals surface area (Å²) in [5, 5.41) is 0. The summed E-state index contributed by atoms with van der Waals surface area (Å²) in [5.74, 6) is -1.03. The highest BCUT2D eigenvalue weighted by Gasteiger charge is 2.10. The lowest BCUT2D eigenvalue weighted by molar-refractivity contribution is 0.102. The predicted octanol–water partition coefficient (Wildman–Crippen LogP) is 4.25. The van der Waals surface area contributed by atoms with Crippen LogP contribution >= 0.6 is 11.8 Å². The lowest BCUT2D eigenvalue weighted by atomic mass is 10.1. The van der Waals surface area contributed by atoms with Crippen molar-refractivity contribution in [1.82, 2.24) is 0 Å². The molecule has 2 rings (SSSR count). The third-order valence-electron chi connectivity index (χ3n) is 2.59. The Kier molecular flexibility index (Phi) is 4.32. The molecule has 19 heavy (non-hydrogen) atoms. The van der Waals surface area contributed by atoms with Crippen LogP contribution in [0.25, 0.3) is 0 Å². The third-order valence-corrected chi connectivity index (χ3v) is 3.62. The summed E-state index contributed by atoms with van der Waals surface area (Å²) in [6, 6.07) is 10.4. The molecular formula is C15H12F2OS. The normalized spacial score (nSPS) is 10.5. The van der Waals surface area contributed by atoms with Crippen LogP contribution in [0.2, 0.25) is 0 Å². The largest absolute Gasteiger partial charge is 0.293 e. The molecule has 0 fully saturated rings. The van der Waals surface area contributed by atoms with E-state index in [4.69, 9.17) is 0 Å². The Morgan fingerprint density at radius 1 is 1.16 bits per heavy atom. The zero-order valence-corrected chi connectivity index (χ0v) is 11.1. The fourth-order valence-corrected chi connectivity index (χ4v) is 2.49. The van der Waals surface area contributed by atoms with E-state index in [0.29, 0.717) is 5.56 Å². The number of hydrogen-bond acceptors (Lipinski definition) is 2. The SMILES string of the molecule is Cc1cccc(C(=O)CSc2cc(F)ccc2F)c1. The molecule has 0 amide bonds. The van der Waals surface area contributed by atoms with Crippen LogP contribution in [0, 0.1) is 18.6 Å². The average molecular weight is 278 g/mol. The van der Waals surface area contributed by atoms with E-state index in [1.54, 1.807) is 18.2 Å². The van der Waals surface area contributed by atoms with E-state index in [0.717, 1.165) is 35.5 Å². The molecule has 4 heteroatoms. The van der Waals surface area contributed by atoms with Gasteiger partial charge >= 0.3 is 0 Å². The van der Waals surface area contributed by atoms with Crippen LogP contribution in [0.1, 0.15) is 15.9 Å². The van der Waals surface area contributed by atoms with Crippen LogP contribution < -0.4 is 0 Å². The van der Waals surface area contributed by atoms with Crippen LogP contribution in [0.15, 0.2) is 47.4 Å². The quantitative estimate of drug-likeness (QED) is 0.614. The van der Waals surface area contributed by atoms with Gasteiger partial charge in [-0.15, -0.1) is 11.8 Å². The molecule has 2 aromatic rings. The van der Waals surface area contributed by atoms with Crippen molar-refractivity contribution in [1.29, 1.82) is 0 Å². The van der Waals surface area contributed by atoms with E-state index >= 15 is 0 Å². The first-order valence-corrected chi connectivity index (χ1v) is 6.72. The highest BCUT2D eigenvalue weighted by molar-refractivity contribution is 8.00. The van der Waals surface area contributed by atoms with Crippen molar-refractivity contribution in [2.45, 2.75) is 11.8 Å². The van der Waals surface area contributed by atoms with Gasteiger partial charge in [0, 0.05) is 10.5 Å². The van der Waals surface area contributed by atoms with Crippen molar-refractivity contribution in [2.75, 3.05) is 5.75 Å². The molecule has 0 aliphatic heterocycles. The highest BCUT2D eigenvalue weighted by atomic mass is 32.2. The molecule has 0 unspecified atom stereocenters. The number of hydrogen-bond donors (Lipinski definition) is 0. The van der Waals surface area contributed by atoms with E-state index < -0.39 is 11.6 Å². The molecule has 0 aromatic heterocycles. The van der Waals surface area contributed by atoms with Crippen molar-refractivity contribution in [3.63, 3.8) is 0 Å². The van der Waals surface area contributed by atoms with Crippen molar-refractivity contribution in [2.24, 2.45) is 0 Å². The molecule has 0 spiro atoms. The van der Waals surface area contributed by atoms with Gasteiger partial charge in [-0.05, 0) is 31.2 Å². The summed E-state index contributed by atoms with van der Waals surface area (Å²) in [7, 11) is 0. The Hall–Kier alpha value is -1.68. The van der Waals surface area contributed by atoms with Crippen molar-refractivity contribution in [3.05, 3.63) is 65.2 Å². The minimum Gasteiger partial charge on any atom is -0.293 e. The number of benzene rings is 2. The topological polar surface area (TPSA) is 17.1 Å². The predicted molar refractivity (Wildman–Crippen MR) is 72.6 cm³/mol. The number of thioether (sulfide) groups is 1. The van der Waals surface area contributed by atoms with Crippen LogP contribution in [0.3, 0.4) is 0 Å². The number of rotatable bonds is 4. The zero-order chi connectivity index (χ0) is 13.8. The van der Waals surface area contributed by atoms with Crippen LogP contribution in [0.4, 0.5) is 8.78 Å². The fraction of sp³-hybridized carbons (Fsp3) is 0.133. The van der Waals surface area contributed by atoms with Gasteiger partial charge in [0.25, 0.3) is 0 Å². The number of carbonyl (C=O) groups excluding carboxylic acids is 1. The Bertz CT molecular complexity index is 611. The molecule has 98 valence electrons. The molecule has 0 atom stereocenters. The smallest absolute Gasteiger partial charge is 0.173 e. The number of carbonyl (C=O) groups is 1. The monoisotopic (exact) mass is 278 g/mol. The number of Topliss-reactive ketones (excluding diaryl/α,β-unsaturated/α-hetero) is 1. The maximum Gasteiger partial charge on any atom is 0.173 e. The molecule has 0 aliphatic rings. The standard InChI is InChI=1S/C15H12F2OS/c1-10-3-2-4-11(7-10)14(18)9-19-15-8-12(16)5-6-13(15)17/h2-8H,9H2,1H3. The molecule has 1 nitrogen and oxygen atoms in total. The van der Waals surface area contributed by atoms with Gasteiger partial charge in [-0.3, -0.25) is 4.79 Å². The number of halogens is 2. The summed E-state index contributed by atoms with van der Waals surface area (Å²) < 4.78 is 26.4. The van der Waals surface area contributed by atoms with E-state index in [2.05, 4.69) is 0 Å². The van der Waals surface area contributed by atoms with Crippen LogP contribution in [-0.4, -0.2) is 11.5 Å².